The first kappa shape index (κ1) is 18.0. The molecule has 0 aromatic heterocycles. The van der Waals surface area contributed by atoms with Crippen LogP contribution in [0.25, 0.3) is 0 Å². The first-order chi connectivity index (χ1) is 13.0. The Morgan fingerprint density at radius 2 is 2.19 bits per heavy atom. The molecule has 2 fully saturated rings. The Morgan fingerprint density at radius 1 is 1.33 bits per heavy atom. The predicted molar refractivity (Wildman–Crippen MR) is 106 cm³/mol. The highest BCUT2D eigenvalue weighted by atomic mass is 19.1. The summed E-state index contributed by atoms with van der Waals surface area (Å²) in [6, 6.07) is 11.3. The lowest BCUT2D eigenvalue weighted by molar-refractivity contribution is 0.200. The Hall–Kier alpha value is -2.40. The van der Waals surface area contributed by atoms with Crippen molar-refractivity contribution in [3.8, 4) is 5.75 Å². The summed E-state index contributed by atoms with van der Waals surface area (Å²) in [6.07, 6.45) is 2.59. The summed E-state index contributed by atoms with van der Waals surface area (Å²) in [7, 11) is 1.87. The van der Waals surface area contributed by atoms with Crippen LogP contribution in [-0.4, -0.2) is 37.9 Å². The molecule has 0 bridgehead atoms. The monoisotopic (exact) mass is 367 g/mol. The van der Waals surface area contributed by atoms with Gasteiger partial charge in [0.05, 0.1) is 6.61 Å². The highest BCUT2D eigenvalue weighted by Crippen LogP contribution is 2.58. The lowest BCUT2D eigenvalue weighted by Crippen LogP contribution is -2.27. The van der Waals surface area contributed by atoms with Crippen LogP contribution in [0.1, 0.15) is 23.1 Å². The first-order valence-electron chi connectivity index (χ1n) is 9.45. The fraction of sp³-hybridized carbons (Fsp3) is 0.409. The van der Waals surface area contributed by atoms with Crippen molar-refractivity contribution in [2.24, 2.45) is 11.3 Å². The van der Waals surface area contributed by atoms with Gasteiger partial charge in [0.1, 0.15) is 11.6 Å². The summed E-state index contributed by atoms with van der Waals surface area (Å²) in [6.45, 7) is 5.40. The molecule has 2 aromatic carbocycles. The average Bonchev–Trinajstić information content (AvgIpc) is 3.23. The third-order valence-corrected chi connectivity index (χ3v) is 5.99. The minimum atomic E-state index is -0.211. The molecule has 2 atom stereocenters. The van der Waals surface area contributed by atoms with Crippen LogP contribution in [0.15, 0.2) is 36.4 Å². The molecule has 0 amide bonds. The van der Waals surface area contributed by atoms with Crippen LogP contribution >= 0.6 is 0 Å². The lowest BCUT2D eigenvalue weighted by atomic mass is 10.1. The van der Waals surface area contributed by atoms with E-state index in [1.807, 2.05) is 19.2 Å². The molecule has 27 heavy (non-hydrogen) atoms. The van der Waals surface area contributed by atoms with Gasteiger partial charge in [0.2, 0.25) is 0 Å². The summed E-state index contributed by atoms with van der Waals surface area (Å²) < 4.78 is 19.6. The van der Waals surface area contributed by atoms with E-state index in [9.17, 15) is 4.39 Å². The van der Waals surface area contributed by atoms with Gasteiger partial charge >= 0.3 is 0 Å². The second kappa shape index (κ2) is 6.97. The largest absolute Gasteiger partial charge is 0.493 e. The third kappa shape index (κ3) is 3.56. The maximum atomic E-state index is 13.7. The maximum absolute atomic E-state index is 13.7. The Morgan fingerprint density at radius 3 is 2.93 bits per heavy atom. The van der Waals surface area contributed by atoms with Crippen molar-refractivity contribution in [1.29, 1.82) is 5.41 Å². The minimum Gasteiger partial charge on any atom is -0.493 e. The van der Waals surface area contributed by atoms with Gasteiger partial charge in [-0.3, -0.25) is 4.90 Å². The number of aryl methyl sites for hydroxylation is 1. The zero-order valence-corrected chi connectivity index (χ0v) is 15.9. The van der Waals surface area contributed by atoms with Crippen molar-refractivity contribution >= 4 is 11.9 Å². The zero-order valence-electron chi connectivity index (χ0n) is 15.9. The standard InChI is InChI=1S/C22H26FN3O/c1-15-3-5-19(8-20(15)23)27-14-22-9-18(22)12-26(13-22)11-16-4-6-21(25-2)17(7-16)10-24/h3-8,10,18,24-25H,9,11-14H2,1-2H3. The van der Waals surface area contributed by atoms with Crippen molar-refractivity contribution in [2.75, 3.05) is 32.1 Å². The van der Waals surface area contributed by atoms with Crippen molar-refractivity contribution in [3.63, 3.8) is 0 Å². The van der Waals surface area contributed by atoms with Gasteiger partial charge in [-0.15, -0.1) is 0 Å². The third-order valence-electron chi connectivity index (χ3n) is 5.99. The van der Waals surface area contributed by atoms with Crippen LogP contribution in [0, 0.1) is 29.5 Å². The molecular formula is C22H26FN3O. The summed E-state index contributed by atoms with van der Waals surface area (Å²) >= 11 is 0. The molecule has 0 spiro atoms. The van der Waals surface area contributed by atoms with E-state index in [0.29, 0.717) is 23.8 Å². The highest BCUT2D eigenvalue weighted by molar-refractivity contribution is 5.86. The average molecular weight is 367 g/mol. The molecule has 1 aliphatic heterocycles. The predicted octanol–water partition coefficient (Wildman–Crippen LogP) is 4.07. The van der Waals surface area contributed by atoms with E-state index in [1.165, 1.54) is 24.3 Å². The van der Waals surface area contributed by atoms with E-state index in [4.69, 9.17) is 10.1 Å². The molecule has 2 N–H and O–H groups in total. The zero-order chi connectivity index (χ0) is 19.0. The molecular weight excluding hydrogens is 341 g/mol. The van der Waals surface area contributed by atoms with Gasteiger partial charge in [-0.05, 0) is 48.6 Å². The van der Waals surface area contributed by atoms with E-state index in [1.54, 1.807) is 13.0 Å². The number of anilines is 1. The summed E-state index contributed by atoms with van der Waals surface area (Å²) in [5.41, 5.74) is 3.99. The molecule has 2 aromatic rings. The van der Waals surface area contributed by atoms with Crippen molar-refractivity contribution in [3.05, 3.63) is 58.9 Å². The molecule has 2 aliphatic rings. The Kier molecular flexibility index (Phi) is 4.64. The number of nitrogens with one attached hydrogen (secondary N) is 2. The molecule has 142 valence electrons. The van der Waals surface area contributed by atoms with Gasteiger partial charge in [0.25, 0.3) is 0 Å². The molecule has 0 radical (unpaired) electrons. The van der Waals surface area contributed by atoms with E-state index < -0.39 is 0 Å². The van der Waals surface area contributed by atoms with E-state index >= 15 is 0 Å². The van der Waals surface area contributed by atoms with Crippen LogP contribution in [-0.2, 0) is 6.54 Å². The number of nitrogens with zero attached hydrogens (tertiary/aromatic N) is 1. The molecule has 5 heteroatoms. The number of hydrogen-bond acceptors (Lipinski definition) is 4. The van der Waals surface area contributed by atoms with Crippen LogP contribution < -0.4 is 10.1 Å². The van der Waals surface area contributed by atoms with E-state index in [-0.39, 0.29) is 11.2 Å². The van der Waals surface area contributed by atoms with Gasteiger partial charge in [-0.25, -0.2) is 4.39 Å². The normalized spacial score (nSPS) is 23.7. The number of benzene rings is 2. The number of hydrogen-bond donors (Lipinski definition) is 2. The fourth-order valence-corrected chi connectivity index (χ4v) is 4.25. The Bertz CT molecular complexity index is 869. The quantitative estimate of drug-likeness (QED) is 0.725. The number of likely N-dealkylation sites (tertiary alicyclic amines) is 1. The number of halogens is 1. The lowest BCUT2D eigenvalue weighted by Gasteiger charge is -2.21. The maximum Gasteiger partial charge on any atom is 0.129 e. The molecule has 1 aliphatic carbocycles. The van der Waals surface area contributed by atoms with Gasteiger partial charge < -0.3 is 15.5 Å². The van der Waals surface area contributed by atoms with Crippen LogP contribution in [0.5, 0.6) is 5.75 Å². The van der Waals surface area contributed by atoms with Crippen molar-refractivity contribution in [2.45, 2.75) is 19.9 Å². The van der Waals surface area contributed by atoms with Crippen molar-refractivity contribution in [1.82, 2.24) is 4.90 Å². The minimum absolute atomic E-state index is 0.211. The van der Waals surface area contributed by atoms with E-state index in [0.717, 1.165) is 30.9 Å². The van der Waals surface area contributed by atoms with Gasteiger partial charge in [0.15, 0.2) is 0 Å². The van der Waals surface area contributed by atoms with Crippen LogP contribution in [0.2, 0.25) is 0 Å². The topological polar surface area (TPSA) is 48.4 Å². The summed E-state index contributed by atoms with van der Waals surface area (Å²) in [5.74, 6) is 1.08. The molecule has 1 saturated carbocycles. The second-order valence-corrected chi connectivity index (χ2v) is 7.95. The van der Waals surface area contributed by atoms with Crippen molar-refractivity contribution < 1.29 is 9.13 Å². The fourth-order valence-electron chi connectivity index (χ4n) is 4.25. The number of fused-ring (bicyclic) bond motifs is 1. The smallest absolute Gasteiger partial charge is 0.129 e. The van der Waals surface area contributed by atoms with E-state index in [2.05, 4.69) is 22.3 Å². The number of ether oxygens (including phenoxy) is 1. The van der Waals surface area contributed by atoms with Crippen LogP contribution in [0.3, 0.4) is 0 Å². The van der Waals surface area contributed by atoms with Gasteiger partial charge in [-0.2, -0.15) is 0 Å². The molecule has 1 saturated heterocycles. The van der Waals surface area contributed by atoms with Crippen LogP contribution in [0.4, 0.5) is 10.1 Å². The highest BCUT2D eigenvalue weighted by Gasteiger charge is 2.60. The summed E-state index contributed by atoms with van der Waals surface area (Å²) in [4.78, 5) is 2.47. The molecule has 1 heterocycles. The Balaban J connectivity index is 1.36. The molecule has 2 unspecified atom stereocenters. The Labute approximate surface area is 159 Å². The molecule has 4 rings (SSSR count). The number of rotatable bonds is 7. The molecule has 4 nitrogen and oxygen atoms in total. The van der Waals surface area contributed by atoms with Gasteiger partial charge in [0, 0.05) is 55.6 Å². The number of piperidine rings is 1. The van der Waals surface area contributed by atoms with Gasteiger partial charge in [-0.1, -0.05) is 12.1 Å². The SMILES string of the molecule is CNc1ccc(CN2CC3CC3(COc3ccc(C)c(F)c3)C2)cc1C=N. The first-order valence-corrected chi connectivity index (χ1v) is 9.45. The summed E-state index contributed by atoms with van der Waals surface area (Å²) in [5, 5.41) is 10.7. The second-order valence-electron chi connectivity index (χ2n) is 7.95.